The van der Waals surface area contributed by atoms with E-state index in [-0.39, 0.29) is 15.2 Å². The summed E-state index contributed by atoms with van der Waals surface area (Å²) in [5.74, 6) is 0. The molecule has 4 rings (SSSR count). The third-order valence-corrected chi connectivity index (χ3v) is 6.09. The first-order valence-electron chi connectivity index (χ1n) is 9.57. The second-order valence-electron chi connectivity index (χ2n) is 5.51. The van der Waals surface area contributed by atoms with Gasteiger partial charge in [0.2, 0.25) is 5.28 Å². The third kappa shape index (κ3) is 4.67. The lowest BCUT2D eigenvalue weighted by Crippen LogP contribution is -2.11. The average molecular weight is 464 g/mol. The highest BCUT2D eigenvalue weighted by Gasteiger charge is 2.23. The quantitative estimate of drug-likeness (QED) is 0.317. The molecule has 4 aromatic rings. The fourth-order valence-corrected chi connectivity index (χ4v) is 4.49. The SMILES string of the molecule is CC.CC.O=S(=O)(c1ccccc1)n1cc(-c2nc(Cl)ncc2Cl)c2ccccc21. The van der Waals surface area contributed by atoms with Crippen LogP contribution in [0.1, 0.15) is 27.7 Å². The van der Waals surface area contributed by atoms with Crippen molar-refractivity contribution in [1.29, 1.82) is 0 Å². The molecule has 30 heavy (non-hydrogen) atoms. The minimum absolute atomic E-state index is 0.0344. The Labute approximate surface area is 187 Å². The van der Waals surface area contributed by atoms with Crippen LogP contribution >= 0.6 is 23.2 Å². The molecule has 5 nitrogen and oxygen atoms in total. The number of rotatable bonds is 3. The van der Waals surface area contributed by atoms with Crippen molar-refractivity contribution in [3.05, 3.63) is 77.3 Å². The van der Waals surface area contributed by atoms with Crippen LogP contribution in [-0.4, -0.2) is 22.4 Å². The zero-order chi connectivity index (χ0) is 22.3. The molecular weight excluding hydrogens is 441 g/mol. The number of fused-ring (bicyclic) bond motifs is 1. The minimum atomic E-state index is -3.78. The van der Waals surface area contributed by atoms with Crippen molar-refractivity contribution < 1.29 is 8.42 Å². The van der Waals surface area contributed by atoms with Gasteiger partial charge in [-0.15, -0.1) is 0 Å². The maximum atomic E-state index is 13.1. The molecule has 0 spiro atoms. The molecule has 0 unspecified atom stereocenters. The summed E-state index contributed by atoms with van der Waals surface area (Å²) in [6, 6.07) is 15.4. The second kappa shape index (κ2) is 10.6. The first-order chi connectivity index (χ1) is 14.5. The van der Waals surface area contributed by atoms with E-state index in [9.17, 15) is 8.42 Å². The molecule has 0 aliphatic carbocycles. The molecule has 2 aromatic heterocycles. The van der Waals surface area contributed by atoms with Gasteiger partial charge in [-0.05, 0) is 29.8 Å². The Kier molecular flexibility index (Phi) is 8.41. The van der Waals surface area contributed by atoms with Gasteiger partial charge in [-0.25, -0.2) is 22.4 Å². The largest absolute Gasteiger partial charge is 0.268 e. The zero-order valence-corrected chi connectivity index (χ0v) is 19.5. The maximum absolute atomic E-state index is 13.1. The minimum Gasteiger partial charge on any atom is -0.240 e. The number of aromatic nitrogens is 3. The van der Waals surface area contributed by atoms with Gasteiger partial charge in [0.1, 0.15) is 0 Å². The van der Waals surface area contributed by atoms with Crippen LogP contribution in [0.3, 0.4) is 0 Å². The van der Waals surface area contributed by atoms with Crippen LogP contribution in [0.4, 0.5) is 0 Å². The van der Waals surface area contributed by atoms with Gasteiger partial charge in [-0.1, -0.05) is 75.7 Å². The molecular formula is C22H23Cl2N3O2S. The lowest BCUT2D eigenvalue weighted by molar-refractivity contribution is 0.589. The summed E-state index contributed by atoms with van der Waals surface area (Å²) in [5.41, 5.74) is 1.47. The van der Waals surface area contributed by atoms with E-state index in [2.05, 4.69) is 9.97 Å². The number of nitrogens with zero attached hydrogens (tertiary/aromatic N) is 3. The number of halogens is 2. The van der Waals surface area contributed by atoms with Crippen LogP contribution in [0.5, 0.6) is 0 Å². The van der Waals surface area contributed by atoms with E-state index < -0.39 is 10.0 Å². The normalized spacial score (nSPS) is 10.6. The second-order valence-corrected chi connectivity index (χ2v) is 8.07. The van der Waals surface area contributed by atoms with Crippen LogP contribution < -0.4 is 0 Å². The van der Waals surface area contributed by atoms with E-state index in [1.54, 1.807) is 42.5 Å². The van der Waals surface area contributed by atoms with Crippen LogP contribution in [-0.2, 0) is 10.0 Å². The fourth-order valence-electron chi connectivity index (χ4n) is 2.78. The van der Waals surface area contributed by atoms with Crippen molar-refractivity contribution in [1.82, 2.24) is 13.9 Å². The summed E-state index contributed by atoms with van der Waals surface area (Å²) in [4.78, 5) is 8.21. The third-order valence-electron chi connectivity index (χ3n) is 3.95. The van der Waals surface area contributed by atoms with Gasteiger partial charge in [0.05, 0.1) is 27.3 Å². The molecule has 2 aromatic carbocycles. The smallest absolute Gasteiger partial charge is 0.240 e. The Balaban J connectivity index is 0.000000757. The van der Waals surface area contributed by atoms with E-state index in [1.807, 2.05) is 39.8 Å². The zero-order valence-electron chi connectivity index (χ0n) is 17.2. The highest BCUT2D eigenvalue weighted by atomic mass is 35.5. The van der Waals surface area contributed by atoms with Crippen LogP contribution in [0.25, 0.3) is 22.2 Å². The van der Waals surface area contributed by atoms with E-state index >= 15 is 0 Å². The van der Waals surface area contributed by atoms with Gasteiger partial charge in [-0.3, -0.25) is 0 Å². The summed E-state index contributed by atoms with van der Waals surface area (Å²) in [6.45, 7) is 8.00. The van der Waals surface area contributed by atoms with Gasteiger partial charge in [0.15, 0.2) is 0 Å². The number of benzene rings is 2. The highest BCUT2D eigenvalue weighted by Crippen LogP contribution is 2.35. The monoisotopic (exact) mass is 463 g/mol. The number of para-hydroxylation sites is 1. The first-order valence-corrected chi connectivity index (χ1v) is 11.8. The summed E-state index contributed by atoms with van der Waals surface area (Å²) < 4.78 is 27.5. The van der Waals surface area contributed by atoms with Crippen LogP contribution in [0.15, 0.2) is 71.9 Å². The lowest BCUT2D eigenvalue weighted by atomic mass is 10.1. The maximum Gasteiger partial charge on any atom is 0.268 e. The summed E-state index contributed by atoms with van der Waals surface area (Å²) in [6.07, 6.45) is 2.90. The van der Waals surface area contributed by atoms with Crippen molar-refractivity contribution in [2.24, 2.45) is 0 Å². The lowest BCUT2D eigenvalue weighted by Gasteiger charge is -2.07. The van der Waals surface area contributed by atoms with Crippen molar-refractivity contribution in [3.8, 4) is 11.3 Å². The molecule has 0 N–H and O–H groups in total. The average Bonchev–Trinajstić information content (AvgIpc) is 3.19. The molecule has 0 bridgehead atoms. The Hall–Kier alpha value is -2.41. The Morgan fingerprint density at radius 3 is 2.13 bits per heavy atom. The van der Waals surface area contributed by atoms with Crippen LogP contribution in [0, 0.1) is 0 Å². The van der Waals surface area contributed by atoms with E-state index in [0.29, 0.717) is 22.2 Å². The van der Waals surface area contributed by atoms with Gasteiger partial charge >= 0.3 is 0 Å². The molecule has 0 atom stereocenters. The van der Waals surface area contributed by atoms with Crippen molar-refractivity contribution in [2.45, 2.75) is 32.6 Å². The van der Waals surface area contributed by atoms with Gasteiger partial charge in [-0.2, -0.15) is 0 Å². The Bertz CT molecular complexity index is 1220. The number of hydrogen-bond acceptors (Lipinski definition) is 4. The highest BCUT2D eigenvalue weighted by molar-refractivity contribution is 7.90. The van der Waals surface area contributed by atoms with E-state index in [4.69, 9.17) is 23.2 Å². The summed E-state index contributed by atoms with van der Waals surface area (Å²) in [7, 11) is -3.78. The predicted octanol–water partition coefficient (Wildman–Crippen LogP) is 6.69. The molecule has 0 fully saturated rings. The van der Waals surface area contributed by atoms with Crippen LogP contribution in [0.2, 0.25) is 10.3 Å². The molecule has 0 radical (unpaired) electrons. The van der Waals surface area contributed by atoms with Crippen molar-refractivity contribution in [2.75, 3.05) is 0 Å². The van der Waals surface area contributed by atoms with E-state index in [1.165, 1.54) is 16.4 Å². The van der Waals surface area contributed by atoms with Crippen molar-refractivity contribution in [3.63, 3.8) is 0 Å². The Morgan fingerprint density at radius 1 is 0.867 bits per heavy atom. The van der Waals surface area contributed by atoms with Gasteiger partial charge < -0.3 is 0 Å². The molecule has 0 amide bonds. The standard InChI is InChI=1S/C18H11Cl2N3O2S.2C2H6/c19-15-10-21-18(20)22-17(15)14-11-23(16-9-5-4-8-13(14)16)26(24,25)12-6-2-1-3-7-12;2*1-2/h1-11H;2*1-2H3. The molecule has 0 saturated carbocycles. The molecule has 0 aliphatic heterocycles. The molecule has 158 valence electrons. The topological polar surface area (TPSA) is 64.8 Å². The molecule has 0 saturated heterocycles. The summed E-state index contributed by atoms with van der Waals surface area (Å²) in [5, 5.41) is 1.02. The van der Waals surface area contributed by atoms with Gasteiger partial charge in [0, 0.05) is 17.1 Å². The molecule has 2 heterocycles. The predicted molar refractivity (Wildman–Crippen MR) is 125 cm³/mol. The molecule has 8 heteroatoms. The first kappa shape index (κ1) is 23.9. The fraction of sp³-hybridized carbons (Fsp3) is 0.182. The molecule has 0 aliphatic rings. The van der Waals surface area contributed by atoms with Crippen molar-refractivity contribution >= 4 is 44.1 Å². The summed E-state index contributed by atoms with van der Waals surface area (Å²) >= 11 is 12.1. The number of hydrogen-bond donors (Lipinski definition) is 0. The Morgan fingerprint density at radius 2 is 1.47 bits per heavy atom. The van der Waals surface area contributed by atoms with E-state index in [0.717, 1.165) is 0 Å². The van der Waals surface area contributed by atoms with Gasteiger partial charge in [0.25, 0.3) is 10.0 Å².